The minimum Gasteiger partial charge on any atom is -0.494 e. The second-order valence-electron chi connectivity index (χ2n) is 8.01. The summed E-state index contributed by atoms with van der Waals surface area (Å²) in [6, 6.07) is 14.2. The molecule has 1 atom stereocenters. The molecule has 8 heteroatoms. The van der Waals surface area contributed by atoms with E-state index in [1.54, 1.807) is 28.9 Å². The van der Waals surface area contributed by atoms with Crippen LogP contribution in [0.5, 0.6) is 5.75 Å². The van der Waals surface area contributed by atoms with Crippen LogP contribution in [0, 0.1) is 0 Å². The van der Waals surface area contributed by atoms with Gasteiger partial charge in [-0.05, 0) is 61.7 Å². The van der Waals surface area contributed by atoms with Crippen LogP contribution in [-0.2, 0) is 4.79 Å². The van der Waals surface area contributed by atoms with Gasteiger partial charge in [0.2, 0.25) is 0 Å². The summed E-state index contributed by atoms with van der Waals surface area (Å²) < 4.78 is 7.18. The fourth-order valence-electron chi connectivity index (χ4n) is 4.38. The highest BCUT2D eigenvalue weighted by Gasteiger charge is 2.37. The summed E-state index contributed by atoms with van der Waals surface area (Å²) in [5, 5.41) is 11.4. The number of nitrogens with zero attached hydrogens (tertiary/aromatic N) is 2. The van der Waals surface area contributed by atoms with Crippen molar-refractivity contribution in [2.24, 2.45) is 0 Å². The minimum absolute atomic E-state index is 0.102. The van der Waals surface area contributed by atoms with E-state index >= 15 is 0 Å². The summed E-state index contributed by atoms with van der Waals surface area (Å²) >= 11 is 6.09. The van der Waals surface area contributed by atoms with E-state index in [2.05, 4.69) is 15.7 Å². The van der Waals surface area contributed by atoms with Gasteiger partial charge in [0, 0.05) is 28.4 Å². The van der Waals surface area contributed by atoms with E-state index in [4.69, 9.17) is 16.3 Å². The molecule has 0 spiro atoms. The molecular formula is C25H23ClN4O3. The van der Waals surface area contributed by atoms with Crippen LogP contribution in [0.1, 0.15) is 48.1 Å². The first kappa shape index (κ1) is 21.3. The molecule has 2 aliphatic rings. The van der Waals surface area contributed by atoms with Gasteiger partial charge in [-0.2, -0.15) is 5.10 Å². The molecule has 1 aliphatic carbocycles. The van der Waals surface area contributed by atoms with Crippen LogP contribution in [0.15, 0.2) is 66.0 Å². The van der Waals surface area contributed by atoms with Crippen LogP contribution in [-0.4, -0.2) is 28.1 Å². The van der Waals surface area contributed by atoms with Gasteiger partial charge in [0.15, 0.2) is 5.78 Å². The molecule has 3 aromatic rings. The van der Waals surface area contributed by atoms with Gasteiger partial charge in [0.1, 0.15) is 23.2 Å². The fraction of sp³-hybridized carbons (Fsp3) is 0.240. The normalized spacial score (nSPS) is 17.2. The van der Waals surface area contributed by atoms with Crippen molar-refractivity contribution in [3.8, 4) is 5.75 Å². The Morgan fingerprint density at radius 3 is 2.67 bits per heavy atom. The summed E-state index contributed by atoms with van der Waals surface area (Å²) in [5.41, 5.74) is 3.52. The second kappa shape index (κ2) is 8.75. The van der Waals surface area contributed by atoms with Crippen LogP contribution >= 0.6 is 11.6 Å². The Bertz CT molecular complexity index is 1250. The molecule has 2 heterocycles. The van der Waals surface area contributed by atoms with Crippen molar-refractivity contribution in [1.29, 1.82) is 0 Å². The first-order valence-corrected chi connectivity index (χ1v) is 11.3. The number of ketones is 1. The molecule has 7 nitrogen and oxygen atoms in total. The van der Waals surface area contributed by atoms with Gasteiger partial charge in [-0.3, -0.25) is 9.59 Å². The van der Waals surface area contributed by atoms with Gasteiger partial charge >= 0.3 is 0 Å². The van der Waals surface area contributed by atoms with E-state index in [9.17, 15) is 9.59 Å². The molecule has 2 N–H and O–H groups in total. The monoisotopic (exact) mass is 462 g/mol. The van der Waals surface area contributed by atoms with Crippen molar-refractivity contribution in [2.45, 2.75) is 32.2 Å². The zero-order chi connectivity index (χ0) is 22.9. The number of nitrogens with one attached hydrogen (secondary N) is 2. The Kier molecular flexibility index (Phi) is 5.64. The number of halogens is 1. The average Bonchev–Trinajstić information content (AvgIpc) is 3.24. The van der Waals surface area contributed by atoms with Crippen LogP contribution in [0.25, 0.3) is 0 Å². The van der Waals surface area contributed by atoms with E-state index < -0.39 is 6.04 Å². The maximum absolute atomic E-state index is 13.1. The summed E-state index contributed by atoms with van der Waals surface area (Å²) in [5.74, 6) is 1.14. The Hall–Kier alpha value is -3.58. The van der Waals surface area contributed by atoms with Gasteiger partial charge in [-0.25, -0.2) is 4.68 Å². The molecule has 1 aliphatic heterocycles. The Morgan fingerprint density at radius 2 is 1.94 bits per heavy atom. The molecule has 2 aromatic carbocycles. The van der Waals surface area contributed by atoms with Gasteiger partial charge in [-0.15, -0.1) is 0 Å². The van der Waals surface area contributed by atoms with Crippen molar-refractivity contribution in [2.75, 3.05) is 17.2 Å². The number of benzene rings is 2. The number of aromatic nitrogens is 2. The lowest BCUT2D eigenvalue weighted by Crippen LogP contribution is -2.32. The lowest BCUT2D eigenvalue weighted by Gasteiger charge is -2.33. The molecular weight excluding hydrogens is 440 g/mol. The predicted octanol–water partition coefficient (Wildman–Crippen LogP) is 5.21. The van der Waals surface area contributed by atoms with Gasteiger partial charge in [0.05, 0.1) is 12.8 Å². The van der Waals surface area contributed by atoms with Crippen LogP contribution < -0.4 is 15.4 Å². The van der Waals surface area contributed by atoms with E-state index in [-0.39, 0.29) is 11.7 Å². The lowest BCUT2D eigenvalue weighted by molar-refractivity contribution is -0.116. The predicted molar refractivity (Wildman–Crippen MR) is 127 cm³/mol. The number of amides is 1. The number of carbonyl (C=O) groups is 2. The number of hydrogen-bond donors (Lipinski definition) is 2. The number of fused-ring (bicyclic) bond motifs is 1. The molecule has 0 bridgehead atoms. The third-order valence-corrected chi connectivity index (χ3v) is 6.14. The summed E-state index contributed by atoms with van der Waals surface area (Å²) in [4.78, 5) is 26.0. The number of hydrogen-bond acceptors (Lipinski definition) is 5. The number of ether oxygens (including phenoxy) is 1. The molecule has 1 amide bonds. The Morgan fingerprint density at radius 1 is 1.18 bits per heavy atom. The molecule has 0 saturated heterocycles. The van der Waals surface area contributed by atoms with Crippen LogP contribution in [0.4, 0.5) is 11.5 Å². The first-order chi connectivity index (χ1) is 16.0. The van der Waals surface area contributed by atoms with E-state index in [1.165, 1.54) is 6.20 Å². The zero-order valence-corrected chi connectivity index (χ0v) is 18.9. The van der Waals surface area contributed by atoms with Crippen molar-refractivity contribution in [1.82, 2.24) is 9.78 Å². The maximum Gasteiger partial charge on any atom is 0.261 e. The standard InChI is InChI=1S/C25H23ClN4O3/c1-2-33-18-12-10-17(11-13-18)28-25(32)19-14-27-30-23(15-6-8-16(26)9-7-15)22-20(29-24(19)30)4-3-5-21(22)31/h6-14,23,29H,2-5H2,1H3,(H,28,32)/t23-/m0/s1. The van der Waals surface area contributed by atoms with Gasteiger partial charge in [-0.1, -0.05) is 23.7 Å². The SMILES string of the molecule is CCOc1ccc(NC(=O)c2cnn3c2NC2=C(C(=O)CCC2)[C@@H]3c2ccc(Cl)cc2)cc1. The van der Waals surface area contributed by atoms with Crippen LogP contribution in [0.2, 0.25) is 5.02 Å². The number of rotatable bonds is 5. The quantitative estimate of drug-likeness (QED) is 0.543. The zero-order valence-electron chi connectivity index (χ0n) is 18.1. The number of allylic oxidation sites excluding steroid dienone is 2. The molecule has 1 aromatic heterocycles. The van der Waals surface area contributed by atoms with Crippen molar-refractivity contribution >= 4 is 34.8 Å². The molecule has 168 valence electrons. The fourth-order valence-corrected chi connectivity index (χ4v) is 4.50. The van der Waals surface area contributed by atoms with Crippen molar-refractivity contribution < 1.29 is 14.3 Å². The molecule has 5 rings (SSSR count). The number of Topliss-reactive ketones (excluding diaryl/α,β-unsaturated/α-hetero) is 1. The third kappa shape index (κ3) is 4.00. The smallest absolute Gasteiger partial charge is 0.261 e. The van der Waals surface area contributed by atoms with E-state index in [1.807, 2.05) is 31.2 Å². The van der Waals surface area contributed by atoms with Crippen molar-refractivity contribution in [3.05, 3.63) is 82.1 Å². The Balaban J connectivity index is 1.50. The molecule has 0 unspecified atom stereocenters. The topological polar surface area (TPSA) is 85.2 Å². The summed E-state index contributed by atoms with van der Waals surface area (Å²) in [6.45, 7) is 2.50. The molecule has 0 saturated carbocycles. The molecule has 0 radical (unpaired) electrons. The lowest BCUT2D eigenvalue weighted by atomic mass is 9.85. The Labute approximate surface area is 196 Å². The van der Waals surface area contributed by atoms with Crippen LogP contribution in [0.3, 0.4) is 0 Å². The average molecular weight is 463 g/mol. The van der Waals surface area contributed by atoms with Gasteiger partial charge in [0.25, 0.3) is 5.91 Å². The van der Waals surface area contributed by atoms with E-state index in [0.29, 0.717) is 40.7 Å². The maximum atomic E-state index is 13.1. The largest absolute Gasteiger partial charge is 0.494 e. The third-order valence-electron chi connectivity index (χ3n) is 5.89. The first-order valence-electron chi connectivity index (χ1n) is 11.0. The highest BCUT2D eigenvalue weighted by molar-refractivity contribution is 6.30. The molecule has 33 heavy (non-hydrogen) atoms. The molecule has 0 fully saturated rings. The summed E-state index contributed by atoms with van der Waals surface area (Å²) in [7, 11) is 0. The summed E-state index contributed by atoms with van der Waals surface area (Å²) in [6.07, 6.45) is 3.57. The van der Waals surface area contributed by atoms with E-state index in [0.717, 1.165) is 29.9 Å². The highest BCUT2D eigenvalue weighted by atomic mass is 35.5. The van der Waals surface area contributed by atoms with Gasteiger partial charge < -0.3 is 15.4 Å². The number of anilines is 2. The van der Waals surface area contributed by atoms with Crippen molar-refractivity contribution in [3.63, 3.8) is 0 Å². The minimum atomic E-state index is -0.409. The number of carbonyl (C=O) groups excluding carboxylic acids is 2. The highest BCUT2D eigenvalue weighted by Crippen LogP contribution is 2.41. The second-order valence-corrected chi connectivity index (χ2v) is 8.45.